The van der Waals surface area contributed by atoms with Crippen LogP contribution >= 0.6 is 15.9 Å². The zero-order valence-electron chi connectivity index (χ0n) is 9.42. The fourth-order valence-corrected chi connectivity index (χ4v) is 2.22. The molecule has 0 aliphatic heterocycles. The highest BCUT2D eigenvalue weighted by molar-refractivity contribution is 9.10. The molecule has 0 saturated heterocycles. The molecule has 4 heteroatoms. The summed E-state index contributed by atoms with van der Waals surface area (Å²) in [7, 11) is 1.62. The fraction of sp³-hybridized carbons (Fsp3) is 0.417. The zero-order valence-corrected chi connectivity index (χ0v) is 11.0. The van der Waals surface area contributed by atoms with Crippen molar-refractivity contribution in [2.45, 2.75) is 26.2 Å². The van der Waals surface area contributed by atoms with Gasteiger partial charge in [-0.05, 0) is 36.1 Å². The lowest BCUT2D eigenvalue weighted by Crippen LogP contribution is -2.01. The van der Waals surface area contributed by atoms with E-state index in [0.29, 0.717) is 6.42 Å². The van der Waals surface area contributed by atoms with Gasteiger partial charge in [-0.1, -0.05) is 22.9 Å². The molecular formula is C12H15BrO3. The van der Waals surface area contributed by atoms with Gasteiger partial charge in [-0.25, -0.2) is 0 Å². The highest BCUT2D eigenvalue weighted by Gasteiger charge is 2.11. The van der Waals surface area contributed by atoms with E-state index in [1.165, 1.54) is 0 Å². The van der Waals surface area contributed by atoms with E-state index in [2.05, 4.69) is 15.9 Å². The van der Waals surface area contributed by atoms with Crippen LogP contribution < -0.4 is 4.74 Å². The minimum Gasteiger partial charge on any atom is -0.496 e. The van der Waals surface area contributed by atoms with Gasteiger partial charge >= 0.3 is 5.97 Å². The molecular weight excluding hydrogens is 272 g/mol. The van der Waals surface area contributed by atoms with E-state index >= 15 is 0 Å². The topological polar surface area (TPSA) is 46.5 Å². The summed E-state index contributed by atoms with van der Waals surface area (Å²) in [6.07, 6.45) is 1.48. The molecule has 1 aromatic rings. The van der Waals surface area contributed by atoms with Crippen LogP contribution in [0.25, 0.3) is 0 Å². The van der Waals surface area contributed by atoms with Gasteiger partial charge in [0.25, 0.3) is 0 Å². The third-order valence-corrected chi connectivity index (χ3v) is 2.86. The molecule has 0 atom stereocenters. The van der Waals surface area contributed by atoms with Crippen molar-refractivity contribution >= 4 is 21.9 Å². The third-order valence-electron chi connectivity index (χ3n) is 2.40. The van der Waals surface area contributed by atoms with Gasteiger partial charge in [0.15, 0.2) is 0 Å². The molecule has 0 radical (unpaired) electrons. The SMILES string of the molecule is CCc1cc(Br)cc(CCC(=O)O)c1OC. The fourth-order valence-electron chi connectivity index (χ4n) is 1.66. The normalized spacial score (nSPS) is 10.2. The smallest absolute Gasteiger partial charge is 0.303 e. The standard InChI is InChI=1S/C12H15BrO3/c1-3-8-6-10(13)7-9(12(8)16-2)4-5-11(14)15/h6-7H,3-5H2,1-2H3,(H,14,15). The molecule has 16 heavy (non-hydrogen) atoms. The number of carboxylic acids is 1. The predicted molar refractivity (Wildman–Crippen MR) is 66.0 cm³/mol. The molecule has 0 fully saturated rings. The monoisotopic (exact) mass is 286 g/mol. The number of hydrogen-bond donors (Lipinski definition) is 1. The Morgan fingerprint density at radius 1 is 1.44 bits per heavy atom. The molecule has 88 valence electrons. The van der Waals surface area contributed by atoms with Crippen LogP contribution in [0.3, 0.4) is 0 Å². The van der Waals surface area contributed by atoms with Gasteiger partial charge < -0.3 is 9.84 Å². The summed E-state index contributed by atoms with van der Waals surface area (Å²) in [5, 5.41) is 8.68. The molecule has 3 nitrogen and oxygen atoms in total. The van der Waals surface area contributed by atoms with Crippen molar-refractivity contribution < 1.29 is 14.6 Å². The van der Waals surface area contributed by atoms with Gasteiger partial charge in [0.2, 0.25) is 0 Å². The minimum atomic E-state index is -0.792. The van der Waals surface area contributed by atoms with Gasteiger partial charge in [-0.15, -0.1) is 0 Å². The Labute approximate surface area is 104 Å². The molecule has 0 heterocycles. The highest BCUT2D eigenvalue weighted by Crippen LogP contribution is 2.29. The highest BCUT2D eigenvalue weighted by atomic mass is 79.9. The van der Waals surface area contributed by atoms with Gasteiger partial charge in [0, 0.05) is 10.9 Å². The molecule has 1 aromatic carbocycles. The molecule has 0 aliphatic carbocycles. The Bertz CT molecular complexity index is 388. The maximum absolute atomic E-state index is 10.6. The Hall–Kier alpha value is -1.03. The summed E-state index contributed by atoms with van der Waals surface area (Å²) in [6, 6.07) is 3.92. The summed E-state index contributed by atoms with van der Waals surface area (Å²) >= 11 is 3.42. The molecule has 0 saturated carbocycles. The van der Waals surface area contributed by atoms with Crippen molar-refractivity contribution in [3.63, 3.8) is 0 Å². The van der Waals surface area contributed by atoms with Crippen LogP contribution in [0.15, 0.2) is 16.6 Å². The Morgan fingerprint density at radius 3 is 2.56 bits per heavy atom. The largest absolute Gasteiger partial charge is 0.496 e. The van der Waals surface area contributed by atoms with Gasteiger partial charge in [0.1, 0.15) is 5.75 Å². The first-order valence-electron chi connectivity index (χ1n) is 5.15. The van der Waals surface area contributed by atoms with Crippen LogP contribution in [0.5, 0.6) is 5.75 Å². The number of aliphatic carboxylic acids is 1. The van der Waals surface area contributed by atoms with Crippen molar-refractivity contribution in [1.29, 1.82) is 0 Å². The second-order valence-electron chi connectivity index (χ2n) is 3.50. The van der Waals surface area contributed by atoms with Crippen molar-refractivity contribution in [2.75, 3.05) is 7.11 Å². The Morgan fingerprint density at radius 2 is 2.06 bits per heavy atom. The van der Waals surface area contributed by atoms with Crippen molar-refractivity contribution in [1.82, 2.24) is 0 Å². The Kier molecular flexibility index (Phi) is 4.80. The number of benzene rings is 1. The van der Waals surface area contributed by atoms with Crippen LogP contribution in [0.4, 0.5) is 0 Å². The molecule has 0 spiro atoms. The molecule has 1 N–H and O–H groups in total. The van der Waals surface area contributed by atoms with Crippen molar-refractivity contribution in [3.05, 3.63) is 27.7 Å². The van der Waals surface area contributed by atoms with Crippen molar-refractivity contribution in [2.24, 2.45) is 0 Å². The van der Waals surface area contributed by atoms with Gasteiger partial charge in [-0.2, -0.15) is 0 Å². The predicted octanol–water partition coefficient (Wildman–Crippen LogP) is 3.04. The lowest BCUT2D eigenvalue weighted by molar-refractivity contribution is -0.136. The van der Waals surface area contributed by atoms with Gasteiger partial charge in [-0.3, -0.25) is 4.79 Å². The third kappa shape index (κ3) is 3.23. The van der Waals surface area contributed by atoms with Gasteiger partial charge in [0.05, 0.1) is 7.11 Å². The van der Waals surface area contributed by atoms with E-state index in [-0.39, 0.29) is 6.42 Å². The maximum Gasteiger partial charge on any atom is 0.303 e. The molecule has 0 aromatic heterocycles. The van der Waals surface area contributed by atoms with Crippen LogP contribution in [0.2, 0.25) is 0 Å². The lowest BCUT2D eigenvalue weighted by atomic mass is 10.0. The summed E-state index contributed by atoms with van der Waals surface area (Å²) in [4.78, 5) is 10.6. The maximum atomic E-state index is 10.6. The van der Waals surface area contributed by atoms with Crippen LogP contribution in [0, 0.1) is 0 Å². The molecule has 0 aliphatic rings. The zero-order chi connectivity index (χ0) is 12.1. The number of aryl methyl sites for hydroxylation is 2. The van der Waals surface area contributed by atoms with Crippen LogP contribution in [-0.2, 0) is 17.6 Å². The first-order valence-corrected chi connectivity index (χ1v) is 5.94. The number of ether oxygens (including phenoxy) is 1. The second-order valence-corrected chi connectivity index (χ2v) is 4.42. The van der Waals surface area contributed by atoms with Crippen LogP contribution in [0.1, 0.15) is 24.5 Å². The average Bonchev–Trinajstić information content (AvgIpc) is 2.25. The number of halogens is 1. The van der Waals surface area contributed by atoms with Crippen molar-refractivity contribution in [3.8, 4) is 5.75 Å². The molecule has 0 amide bonds. The molecule has 0 unspecified atom stereocenters. The van der Waals surface area contributed by atoms with E-state index in [1.807, 2.05) is 19.1 Å². The first kappa shape index (κ1) is 13.0. The van der Waals surface area contributed by atoms with Crippen LogP contribution in [-0.4, -0.2) is 18.2 Å². The molecule has 1 rings (SSSR count). The van der Waals surface area contributed by atoms with E-state index in [9.17, 15) is 4.79 Å². The summed E-state index contributed by atoms with van der Waals surface area (Å²) in [5.41, 5.74) is 2.04. The number of rotatable bonds is 5. The average molecular weight is 287 g/mol. The lowest BCUT2D eigenvalue weighted by Gasteiger charge is -2.13. The first-order chi connectivity index (χ1) is 7.58. The number of hydrogen-bond acceptors (Lipinski definition) is 2. The number of carbonyl (C=O) groups is 1. The van der Waals surface area contributed by atoms with E-state index in [4.69, 9.17) is 9.84 Å². The summed E-state index contributed by atoms with van der Waals surface area (Å²) in [5.74, 6) is 0.0204. The summed E-state index contributed by atoms with van der Waals surface area (Å²) in [6.45, 7) is 2.05. The van der Waals surface area contributed by atoms with E-state index < -0.39 is 5.97 Å². The summed E-state index contributed by atoms with van der Waals surface area (Å²) < 4.78 is 6.30. The second kappa shape index (κ2) is 5.89. The number of methoxy groups -OCH3 is 1. The number of carboxylic acid groups (broad SMARTS) is 1. The van der Waals surface area contributed by atoms with E-state index in [0.717, 1.165) is 27.8 Å². The minimum absolute atomic E-state index is 0.121. The van der Waals surface area contributed by atoms with E-state index in [1.54, 1.807) is 7.11 Å². The molecule has 0 bridgehead atoms. The quantitative estimate of drug-likeness (QED) is 0.905. The Balaban J connectivity index is 3.04.